The van der Waals surface area contributed by atoms with Crippen molar-refractivity contribution in [1.82, 2.24) is 4.90 Å². The Labute approximate surface area is 144 Å². The lowest BCUT2D eigenvalue weighted by Gasteiger charge is -2.21. The van der Waals surface area contributed by atoms with Crippen molar-refractivity contribution in [2.75, 3.05) is 24.1 Å². The Bertz CT molecular complexity index is 663. The molecule has 4 nitrogen and oxygen atoms in total. The highest BCUT2D eigenvalue weighted by atomic mass is 16.1. The van der Waals surface area contributed by atoms with Gasteiger partial charge < -0.3 is 11.1 Å². The number of amides is 1. The van der Waals surface area contributed by atoms with Crippen LogP contribution >= 0.6 is 0 Å². The molecule has 0 radical (unpaired) electrons. The van der Waals surface area contributed by atoms with E-state index in [1.54, 1.807) is 12.1 Å². The van der Waals surface area contributed by atoms with Gasteiger partial charge in [0.2, 0.25) is 0 Å². The molecule has 128 valence electrons. The third-order valence-corrected chi connectivity index (χ3v) is 3.88. The molecule has 2 aromatic carbocycles. The van der Waals surface area contributed by atoms with Crippen LogP contribution in [0.15, 0.2) is 48.5 Å². The molecule has 0 spiro atoms. The molecule has 2 aromatic rings. The molecule has 0 aliphatic heterocycles. The Balaban J connectivity index is 2.08. The second-order valence-corrected chi connectivity index (χ2v) is 6.02. The molecule has 2 rings (SSSR count). The van der Waals surface area contributed by atoms with E-state index in [-0.39, 0.29) is 5.91 Å². The van der Waals surface area contributed by atoms with E-state index in [0.29, 0.717) is 16.9 Å². The molecular weight excluding hydrogens is 298 g/mol. The number of para-hydroxylation sites is 2. The van der Waals surface area contributed by atoms with Crippen LogP contribution in [0.3, 0.4) is 0 Å². The van der Waals surface area contributed by atoms with Crippen molar-refractivity contribution in [2.24, 2.45) is 0 Å². The van der Waals surface area contributed by atoms with Gasteiger partial charge >= 0.3 is 0 Å². The van der Waals surface area contributed by atoms with E-state index >= 15 is 0 Å². The van der Waals surface area contributed by atoms with Crippen LogP contribution in [0.25, 0.3) is 0 Å². The number of nitrogen functional groups attached to an aromatic ring is 1. The molecule has 0 unspecified atom stereocenters. The van der Waals surface area contributed by atoms with Crippen molar-refractivity contribution < 1.29 is 4.79 Å². The Morgan fingerprint density at radius 2 is 1.75 bits per heavy atom. The van der Waals surface area contributed by atoms with E-state index in [4.69, 9.17) is 5.73 Å². The predicted molar refractivity (Wildman–Crippen MR) is 101 cm³/mol. The molecule has 0 fully saturated rings. The highest BCUT2D eigenvalue weighted by Crippen LogP contribution is 2.18. The molecule has 0 saturated carbocycles. The Kier molecular flexibility index (Phi) is 6.82. The lowest BCUT2D eigenvalue weighted by atomic mass is 10.1. The first-order chi connectivity index (χ1) is 11.6. The lowest BCUT2D eigenvalue weighted by Crippen LogP contribution is -2.25. The fourth-order valence-corrected chi connectivity index (χ4v) is 2.78. The van der Waals surface area contributed by atoms with Gasteiger partial charge in [0.05, 0.1) is 11.4 Å². The molecule has 0 bridgehead atoms. The van der Waals surface area contributed by atoms with Crippen LogP contribution in [-0.2, 0) is 6.54 Å². The Morgan fingerprint density at radius 1 is 1.04 bits per heavy atom. The minimum atomic E-state index is -0.132. The molecule has 3 N–H and O–H groups in total. The lowest BCUT2D eigenvalue weighted by molar-refractivity contribution is 0.102. The van der Waals surface area contributed by atoms with Gasteiger partial charge in [-0.05, 0) is 55.8 Å². The fraction of sp³-hybridized carbons (Fsp3) is 0.350. The average molecular weight is 325 g/mol. The van der Waals surface area contributed by atoms with Crippen LogP contribution < -0.4 is 11.1 Å². The summed E-state index contributed by atoms with van der Waals surface area (Å²) in [6.07, 6.45) is 2.26. The van der Waals surface area contributed by atoms with Crippen molar-refractivity contribution in [3.63, 3.8) is 0 Å². The van der Waals surface area contributed by atoms with Crippen LogP contribution in [0.4, 0.5) is 11.4 Å². The predicted octanol–water partition coefficient (Wildman–Crippen LogP) is 4.14. The number of benzene rings is 2. The largest absolute Gasteiger partial charge is 0.397 e. The van der Waals surface area contributed by atoms with E-state index in [0.717, 1.165) is 38.0 Å². The molecule has 4 heteroatoms. The number of hydrogen-bond donors (Lipinski definition) is 2. The minimum Gasteiger partial charge on any atom is -0.397 e. The summed E-state index contributed by atoms with van der Waals surface area (Å²) in [5.41, 5.74) is 8.92. The van der Waals surface area contributed by atoms with Gasteiger partial charge in [0.1, 0.15) is 0 Å². The number of nitrogens with one attached hydrogen (secondary N) is 1. The molecule has 1 amide bonds. The first kappa shape index (κ1) is 18.0. The van der Waals surface area contributed by atoms with Gasteiger partial charge in [-0.25, -0.2) is 0 Å². The topological polar surface area (TPSA) is 58.4 Å². The molecule has 0 aliphatic rings. The zero-order valence-corrected chi connectivity index (χ0v) is 14.6. The first-order valence-corrected chi connectivity index (χ1v) is 8.61. The number of anilines is 2. The van der Waals surface area contributed by atoms with Crippen LogP contribution in [0, 0.1) is 0 Å². The van der Waals surface area contributed by atoms with Gasteiger partial charge in [0.25, 0.3) is 5.91 Å². The van der Waals surface area contributed by atoms with Crippen LogP contribution in [0.5, 0.6) is 0 Å². The molecule has 0 aliphatic carbocycles. The zero-order chi connectivity index (χ0) is 17.4. The maximum absolute atomic E-state index is 12.5. The van der Waals surface area contributed by atoms with E-state index in [2.05, 4.69) is 30.1 Å². The molecule has 0 atom stereocenters. The van der Waals surface area contributed by atoms with Crippen LogP contribution in [0.2, 0.25) is 0 Å². The van der Waals surface area contributed by atoms with Gasteiger partial charge in [-0.2, -0.15) is 0 Å². The second-order valence-electron chi connectivity index (χ2n) is 6.02. The number of nitrogens with two attached hydrogens (primary N) is 1. The van der Waals surface area contributed by atoms with Crippen molar-refractivity contribution >= 4 is 17.3 Å². The third kappa shape index (κ3) is 5.10. The molecule has 0 saturated heterocycles. The van der Waals surface area contributed by atoms with E-state index in [1.165, 1.54) is 0 Å². The van der Waals surface area contributed by atoms with Crippen molar-refractivity contribution in [3.05, 3.63) is 59.7 Å². The third-order valence-electron chi connectivity index (χ3n) is 3.88. The number of hydrogen-bond acceptors (Lipinski definition) is 3. The van der Waals surface area contributed by atoms with Gasteiger partial charge in [0.15, 0.2) is 0 Å². The maximum atomic E-state index is 12.5. The molecule has 24 heavy (non-hydrogen) atoms. The summed E-state index contributed by atoms with van der Waals surface area (Å²) in [5.74, 6) is -0.132. The highest BCUT2D eigenvalue weighted by Gasteiger charge is 2.10. The number of carbonyl (C=O) groups is 1. The first-order valence-electron chi connectivity index (χ1n) is 8.61. The van der Waals surface area contributed by atoms with E-state index in [1.807, 2.05) is 30.3 Å². The summed E-state index contributed by atoms with van der Waals surface area (Å²) in [6, 6.07) is 15.1. The van der Waals surface area contributed by atoms with Crippen LogP contribution in [0.1, 0.15) is 42.6 Å². The smallest absolute Gasteiger partial charge is 0.255 e. The monoisotopic (exact) mass is 325 g/mol. The van der Waals surface area contributed by atoms with Gasteiger partial charge in [-0.1, -0.05) is 38.1 Å². The van der Waals surface area contributed by atoms with Gasteiger partial charge in [-0.3, -0.25) is 9.69 Å². The van der Waals surface area contributed by atoms with E-state index < -0.39 is 0 Å². The van der Waals surface area contributed by atoms with Crippen molar-refractivity contribution in [3.8, 4) is 0 Å². The van der Waals surface area contributed by atoms with Crippen LogP contribution in [-0.4, -0.2) is 23.9 Å². The SMILES string of the molecule is CCCN(CCC)Cc1cccc(C(=O)Nc2ccccc2N)c1. The quantitative estimate of drug-likeness (QED) is 0.717. The average Bonchev–Trinajstić information content (AvgIpc) is 2.57. The summed E-state index contributed by atoms with van der Waals surface area (Å²) in [4.78, 5) is 14.9. The standard InChI is InChI=1S/C20H27N3O/c1-3-12-23(13-4-2)15-16-8-7-9-17(14-16)20(24)22-19-11-6-5-10-18(19)21/h5-11,14H,3-4,12-13,15,21H2,1-2H3,(H,22,24). The minimum absolute atomic E-state index is 0.132. The number of carbonyl (C=O) groups excluding carboxylic acids is 1. The molecular formula is C20H27N3O. The Morgan fingerprint density at radius 3 is 2.42 bits per heavy atom. The maximum Gasteiger partial charge on any atom is 0.255 e. The zero-order valence-electron chi connectivity index (χ0n) is 14.6. The van der Waals surface area contributed by atoms with Crippen molar-refractivity contribution in [2.45, 2.75) is 33.2 Å². The number of nitrogens with zero attached hydrogens (tertiary/aromatic N) is 1. The Hall–Kier alpha value is -2.33. The van der Waals surface area contributed by atoms with Gasteiger partial charge in [0, 0.05) is 12.1 Å². The van der Waals surface area contributed by atoms with Crippen molar-refractivity contribution in [1.29, 1.82) is 0 Å². The normalized spacial score (nSPS) is 10.8. The highest BCUT2D eigenvalue weighted by molar-refractivity contribution is 6.05. The second kappa shape index (κ2) is 9.08. The van der Waals surface area contributed by atoms with E-state index in [9.17, 15) is 4.79 Å². The number of rotatable bonds is 8. The van der Waals surface area contributed by atoms with Gasteiger partial charge in [-0.15, -0.1) is 0 Å². The fourth-order valence-electron chi connectivity index (χ4n) is 2.78. The molecule has 0 aromatic heterocycles. The summed E-state index contributed by atoms with van der Waals surface area (Å²) in [6.45, 7) is 7.40. The summed E-state index contributed by atoms with van der Waals surface area (Å²) in [7, 11) is 0. The molecule has 0 heterocycles. The summed E-state index contributed by atoms with van der Waals surface area (Å²) >= 11 is 0. The summed E-state index contributed by atoms with van der Waals surface area (Å²) < 4.78 is 0. The summed E-state index contributed by atoms with van der Waals surface area (Å²) in [5, 5.41) is 2.88.